The number of aromatic nitrogens is 2. The van der Waals surface area contributed by atoms with Crippen molar-refractivity contribution in [1.82, 2.24) is 9.97 Å². The van der Waals surface area contributed by atoms with Crippen molar-refractivity contribution < 1.29 is 0 Å². The molecule has 1 aromatic carbocycles. The minimum Gasteiger partial charge on any atom is -0.370 e. The molecule has 3 N–H and O–H groups in total. The normalized spacial score (nSPS) is 10.5. The summed E-state index contributed by atoms with van der Waals surface area (Å²) in [5, 5.41) is 3.31. The topological polar surface area (TPSA) is 63.8 Å². The van der Waals surface area contributed by atoms with Crippen LogP contribution < -0.4 is 11.1 Å². The number of hydrogen-bond acceptors (Lipinski definition) is 4. The van der Waals surface area contributed by atoms with Crippen molar-refractivity contribution in [3.63, 3.8) is 0 Å². The van der Waals surface area contributed by atoms with Crippen LogP contribution in [0.3, 0.4) is 0 Å². The fourth-order valence-electron chi connectivity index (χ4n) is 1.99. The molecule has 2 rings (SSSR count). The summed E-state index contributed by atoms with van der Waals surface area (Å²) in [6.45, 7) is 5.48. The molecule has 19 heavy (non-hydrogen) atoms. The van der Waals surface area contributed by atoms with Gasteiger partial charge in [-0.2, -0.15) is 0 Å². The molecule has 0 fully saturated rings. The number of nitrogens with two attached hydrogens (primary N) is 1. The van der Waals surface area contributed by atoms with Gasteiger partial charge in [0.2, 0.25) is 0 Å². The second-order valence-corrected chi connectivity index (χ2v) is 4.67. The molecule has 0 amide bonds. The van der Waals surface area contributed by atoms with Crippen LogP contribution in [0.15, 0.2) is 30.5 Å². The van der Waals surface area contributed by atoms with Crippen molar-refractivity contribution in [1.29, 1.82) is 0 Å². The maximum absolute atomic E-state index is 5.52. The third kappa shape index (κ3) is 3.76. The molecule has 0 radical (unpaired) electrons. The van der Waals surface area contributed by atoms with E-state index in [0.29, 0.717) is 12.4 Å². The Morgan fingerprint density at radius 2 is 2.05 bits per heavy atom. The molecule has 1 heterocycles. The van der Waals surface area contributed by atoms with E-state index >= 15 is 0 Å². The molecule has 0 unspecified atom stereocenters. The number of anilines is 1. The Labute approximate surface area is 114 Å². The van der Waals surface area contributed by atoms with Gasteiger partial charge in [-0.15, -0.1) is 0 Å². The van der Waals surface area contributed by atoms with E-state index in [9.17, 15) is 0 Å². The Morgan fingerprint density at radius 3 is 2.84 bits per heavy atom. The highest BCUT2D eigenvalue weighted by Gasteiger charge is 2.00. The van der Waals surface area contributed by atoms with Gasteiger partial charge in [0, 0.05) is 12.7 Å². The van der Waals surface area contributed by atoms with Gasteiger partial charge in [-0.3, -0.25) is 0 Å². The van der Waals surface area contributed by atoms with Gasteiger partial charge in [-0.05, 0) is 37.5 Å². The molecule has 0 aliphatic carbocycles. The van der Waals surface area contributed by atoms with E-state index in [2.05, 4.69) is 47.3 Å². The van der Waals surface area contributed by atoms with Gasteiger partial charge in [0.05, 0.1) is 6.54 Å². The van der Waals surface area contributed by atoms with E-state index in [1.807, 2.05) is 6.07 Å². The molecule has 0 saturated heterocycles. The predicted molar refractivity (Wildman–Crippen MR) is 78.0 cm³/mol. The van der Waals surface area contributed by atoms with Crippen LogP contribution in [0.25, 0.3) is 0 Å². The molecule has 4 heteroatoms. The lowest BCUT2D eigenvalue weighted by Gasteiger charge is -2.09. The van der Waals surface area contributed by atoms with Gasteiger partial charge in [-0.25, -0.2) is 9.97 Å². The van der Waals surface area contributed by atoms with Crippen molar-refractivity contribution in [3.8, 4) is 0 Å². The molecule has 0 aliphatic rings. The van der Waals surface area contributed by atoms with Crippen LogP contribution in [0, 0.1) is 13.8 Å². The van der Waals surface area contributed by atoms with Crippen LogP contribution in [-0.2, 0) is 13.0 Å². The molecule has 0 saturated carbocycles. The summed E-state index contributed by atoms with van der Waals surface area (Å²) < 4.78 is 0. The fraction of sp³-hybridized carbons (Fsp3) is 0.333. The lowest BCUT2D eigenvalue weighted by atomic mass is 10.0. The molecule has 0 bridgehead atoms. The van der Waals surface area contributed by atoms with E-state index in [0.717, 1.165) is 18.8 Å². The molecule has 0 spiro atoms. The average Bonchev–Trinajstić information content (AvgIpc) is 2.43. The maximum Gasteiger partial charge on any atom is 0.144 e. The zero-order valence-electron chi connectivity index (χ0n) is 11.5. The third-order valence-electron chi connectivity index (χ3n) is 3.09. The van der Waals surface area contributed by atoms with Crippen molar-refractivity contribution in [2.45, 2.75) is 26.8 Å². The minimum absolute atomic E-state index is 0.368. The number of nitrogens with one attached hydrogen (secondary N) is 1. The number of rotatable bonds is 5. The highest BCUT2D eigenvalue weighted by Crippen LogP contribution is 2.11. The van der Waals surface area contributed by atoms with E-state index in [-0.39, 0.29) is 0 Å². The largest absolute Gasteiger partial charge is 0.370 e. The standard InChI is InChI=1S/C15H20N4/c1-11-3-4-12(2)13(9-11)5-7-17-14-6-8-18-15(10-16)19-14/h3-4,6,8-9H,5,7,10,16H2,1-2H3,(H,17,18,19). The van der Waals surface area contributed by atoms with Gasteiger partial charge in [-0.1, -0.05) is 23.8 Å². The van der Waals surface area contributed by atoms with E-state index in [1.54, 1.807) is 6.20 Å². The molecule has 0 atom stereocenters. The summed E-state index contributed by atoms with van der Waals surface area (Å²) >= 11 is 0. The van der Waals surface area contributed by atoms with E-state index < -0.39 is 0 Å². The second kappa shape index (κ2) is 6.29. The number of aryl methyl sites for hydroxylation is 2. The Kier molecular flexibility index (Phi) is 4.47. The van der Waals surface area contributed by atoms with Gasteiger partial charge >= 0.3 is 0 Å². The highest BCUT2D eigenvalue weighted by atomic mass is 15.0. The van der Waals surface area contributed by atoms with E-state index in [4.69, 9.17) is 5.73 Å². The quantitative estimate of drug-likeness (QED) is 0.861. The number of nitrogens with zero attached hydrogens (tertiary/aromatic N) is 2. The lowest BCUT2D eigenvalue weighted by Crippen LogP contribution is -2.10. The highest BCUT2D eigenvalue weighted by molar-refractivity contribution is 5.35. The van der Waals surface area contributed by atoms with Crippen LogP contribution >= 0.6 is 0 Å². The van der Waals surface area contributed by atoms with Crippen LogP contribution in [0.4, 0.5) is 5.82 Å². The first kappa shape index (κ1) is 13.5. The third-order valence-corrected chi connectivity index (χ3v) is 3.09. The van der Waals surface area contributed by atoms with Crippen molar-refractivity contribution >= 4 is 5.82 Å². The van der Waals surface area contributed by atoms with E-state index in [1.165, 1.54) is 16.7 Å². The SMILES string of the molecule is Cc1ccc(C)c(CCNc2ccnc(CN)n2)c1. The van der Waals surface area contributed by atoms with Crippen molar-refractivity contribution in [3.05, 3.63) is 53.0 Å². The zero-order valence-corrected chi connectivity index (χ0v) is 11.5. The summed E-state index contributed by atoms with van der Waals surface area (Å²) in [6.07, 6.45) is 2.71. The van der Waals surface area contributed by atoms with Gasteiger partial charge in [0.15, 0.2) is 0 Å². The first-order valence-electron chi connectivity index (χ1n) is 6.51. The summed E-state index contributed by atoms with van der Waals surface area (Å²) in [4.78, 5) is 8.39. The molecule has 2 aromatic rings. The summed E-state index contributed by atoms with van der Waals surface area (Å²) in [5.74, 6) is 1.50. The van der Waals surface area contributed by atoms with Crippen LogP contribution in [0.1, 0.15) is 22.5 Å². The Balaban J connectivity index is 1.94. The first-order chi connectivity index (χ1) is 9.19. The summed E-state index contributed by atoms with van der Waals surface area (Å²) in [6, 6.07) is 8.41. The summed E-state index contributed by atoms with van der Waals surface area (Å²) in [5.41, 5.74) is 9.53. The average molecular weight is 256 g/mol. The van der Waals surface area contributed by atoms with Crippen LogP contribution in [0.2, 0.25) is 0 Å². The minimum atomic E-state index is 0.368. The number of benzene rings is 1. The zero-order chi connectivity index (χ0) is 13.7. The molecule has 0 aliphatic heterocycles. The van der Waals surface area contributed by atoms with Gasteiger partial charge in [0.25, 0.3) is 0 Å². The molecule has 100 valence electrons. The lowest BCUT2D eigenvalue weighted by molar-refractivity contribution is 0.899. The molecular formula is C15H20N4. The second-order valence-electron chi connectivity index (χ2n) is 4.67. The van der Waals surface area contributed by atoms with Crippen LogP contribution in [-0.4, -0.2) is 16.5 Å². The van der Waals surface area contributed by atoms with Gasteiger partial charge in [0.1, 0.15) is 11.6 Å². The van der Waals surface area contributed by atoms with Crippen molar-refractivity contribution in [2.75, 3.05) is 11.9 Å². The van der Waals surface area contributed by atoms with Crippen LogP contribution in [0.5, 0.6) is 0 Å². The Morgan fingerprint density at radius 1 is 1.21 bits per heavy atom. The molecule has 1 aromatic heterocycles. The van der Waals surface area contributed by atoms with Crippen molar-refractivity contribution in [2.24, 2.45) is 5.73 Å². The summed E-state index contributed by atoms with van der Waals surface area (Å²) in [7, 11) is 0. The Bertz CT molecular complexity index is 552. The Hall–Kier alpha value is -1.94. The fourth-order valence-corrected chi connectivity index (χ4v) is 1.99. The van der Waals surface area contributed by atoms with Gasteiger partial charge < -0.3 is 11.1 Å². The first-order valence-corrected chi connectivity index (χ1v) is 6.51. The maximum atomic E-state index is 5.52. The predicted octanol–water partition coefficient (Wildman–Crippen LogP) is 2.21. The monoisotopic (exact) mass is 256 g/mol. The molecule has 4 nitrogen and oxygen atoms in total. The molecular weight excluding hydrogens is 236 g/mol. The number of hydrogen-bond donors (Lipinski definition) is 2. The smallest absolute Gasteiger partial charge is 0.144 e.